The van der Waals surface area contributed by atoms with E-state index in [1.165, 1.54) is 24.3 Å². The van der Waals surface area contributed by atoms with Gasteiger partial charge in [-0.05, 0) is 49.6 Å². The molecule has 1 aromatic heterocycles. The first-order valence-corrected chi connectivity index (χ1v) is 12.2. The SMILES string of the molecule is CN=C(NCC1CCCN(Cc2cccs2)C1)N1CCN(C(=O)C2CCCO2)CC1.I. The molecule has 4 heterocycles. The Bertz CT molecular complexity index is 703. The minimum atomic E-state index is -0.211. The van der Waals surface area contributed by atoms with Crippen LogP contribution in [0.3, 0.4) is 0 Å². The van der Waals surface area contributed by atoms with Crippen LogP contribution in [0.2, 0.25) is 0 Å². The van der Waals surface area contributed by atoms with Crippen LogP contribution in [0, 0.1) is 5.92 Å². The number of nitrogens with one attached hydrogen (secondary N) is 1. The minimum absolute atomic E-state index is 0. The van der Waals surface area contributed by atoms with Crippen molar-refractivity contribution in [1.29, 1.82) is 0 Å². The van der Waals surface area contributed by atoms with Gasteiger partial charge in [0.1, 0.15) is 6.10 Å². The van der Waals surface area contributed by atoms with Crippen LogP contribution < -0.4 is 5.32 Å². The lowest BCUT2D eigenvalue weighted by Gasteiger charge is -2.38. The number of likely N-dealkylation sites (tertiary alicyclic amines) is 1. The van der Waals surface area contributed by atoms with E-state index in [9.17, 15) is 4.79 Å². The van der Waals surface area contributed by atoms with Crippen LogP contribution in [0.15, 0.2) is 22.5 Å². The number of piperidine rings is 1. The summed E-state index contributed by atoms with van der Waals surface area (Å²) in [5, 5.41) is 5.77. The second kappa shape index (κ2) is 12.4. The van der Waals surface area contributed by atoms with Gasteiger partial charge in [0.2, 0.25) is 0 Å². The first-order valence-electron chi connectivity index (χ1n) is 11.3. The Hall–Kier alpha value is -0.910. The van der Waals surface area contributed by atoms with Crippen molar-refractivity contribution in [2.45, 2.75) is 38.3 Å². The molecule has 7 nitrogen and oxygen atoms in total. The predicted molar refractivity (Wildman–Crippen MR) is 136 cm³/mol. The van der Waals surface area contributed by atoms with E-state index in [0.717, 1.165) is 71.2 Å². The van der Waals surface area contributed by atoms with Gasteiger partial charge in [0.15, 0.2) is 5.96 Å². The molecular weight excluding hydrogens is 525 g/mol. The zero-order chi connectivity index (χ0) is 20.8. The van der Waals surface area contributed by atoms with E-state index < -0.39 is 0 Å². The summed E-state index contributed by atoms with van der Waals surface area (Å²) in [4.78, 5) is 25.4. The third-order valence-electron chi connectivity index (χ3n) is 6.42. The average molecular weight is 562 g/mol. The molecule has 2 unspecified atom stereocenters. The Morgan fingerprint density at radius 3 is 2.68 bits per heavy atom. The Kier molecular flexibility index (Phi) is 9.86. The average Bonchev–Trinajstić information content (AvgIpc) is 3.49. The fourth-order valence-corrected chi connectivity index (χ4v) is 5.51. The molecule has 31 heavy (non-hydrogen) atoms. The van der Waals surface area contributed by atoms with Gasteiger partial charge >= 0.3 is 0 Å². The van der Waals surface area contributed by atoms with Gasteiger partial charge in [-0.2, -0.15) is 0 Å². The van der Waals surface area contributed by atoms with Crippen LogP contribution >= 0.6 is 35.3 Å². The zero-order valence-corrected chi connectivity index (χ0v) is 21.6. The summed E-state index contributed by atoms with van der Waals surface area (Å²) in [6.07, 6.45) is 4.19. The summed E-state index contributed by atoms with van der Waals surface area (Å²) in [6.45, 7) is 8.25. The highest BCUT2D eigenvalue weighted by atomic mass is 127. The lowest BCUT2D eigenvalue weighted by Crippen LogP contribution is -2.56. The first-order chi connectivity index (χ1) is 14.7. The van der Waals surface area contributed by atoms with Gasteiger partial charge in [-0.1, -0.05) is 6.07 Å². The summed E-state index contributed by atoms with van der Waals surface area (Å²) in [6, 6.07) is 4.37. The smallest absolute Gasteiger partial charge is 0.251 e. The molecule has 1 amide bonds. The lowest BCUT2D eigenvalue weighted by molar-refractivity contribution is -0.142. The van der Waals surface area contributed by atoms with Gasteiger partial charge in [0.05, 0.1) is 0 Å². The second-order valence-corrected chi connectivity index (χ2v) is 9.60. The van der Waals surface area contributed by atoms with Crippen LogP contribution in [0.5, 0.6) is 0 Å². The molecule has 3 fully saturated rings. The zero-order valence-electron chi connectivity index (χ0n) is 18.5. The van der Waals surface area contributed by atoms with Crippen LogP contribution in [-0.2, 0) is 16.1 Å². The van der Waals surface area contributed by atoms with Crippen molar-refractivity contribution in [2.75, 3.05) is 59.5 Å². The number of rotatable bonds is 5. The summed E-state index contributed by atoms with van der Waals surface area (Å²) >= 11 is 1.85. The lowest BCUT2D eigenvalue weighted by atomic mass is 9.98. The standard InChI is InChI=1S/C22H35N5O2S.HI/c1-23-22(27-11-9-26(10-12-27)21(28)20-7-3-13-29-20)24-15-18-5-2-8-25(16-18)17-19-6-4-14-30-19;/h4,6,14,18,20H,2-3,5,7-13,15-17H2,1H3,(H,23,24);1H. The highest BCUT2D eigenvalue weighted by Crippen LogP contribution is 2.20. The molecule has 3 aliphatic rings. The van der Waals surface area contributed by atoms with E-state index in [1.54, 1.807) is 0 Å². The molecule has 0 radical (unpaired) electrons. The number of aliphatic imine (C=N–C) groups is 1. The molecule has 0 spiro atoms. The molecule has 0 bridgehead atoms. The van der Waals surface area contributed by atoms with E-state index in [0.29, 0.717) is 5.92 Å². The molecule has 0 aliphatic carbocycles. The van der Waals surface area contributed by atoms with Crippen molar-refractivity contribution in [2.24, 2.45) is 10.9 Å². The number of halogens is 1. The molecule has 0 saturated carbocycles. The number of thiophene rings is 1. The molecule has 174 valence electrons. The number of nitrogens with zero attached hydrogens (tertiary/aromatic N) is 4. The van der Waals surface area contributed by atoms with Crippen LogP contribution in [-0.4, -0.2) is 92.1 Å². The van der Waals surface area contributed by atoms with Gasteiger partial charge in [-0.15, -0.1) is 35.3 Å². The number of carbonyl (C=O) groups is 1. The minimum Gasteiger partial charge on any atom is -0.368 e. The highest BCUT2D eigenvalue weighted by Gasteiger charge is 2.31. The molecule has 0 aromatic carbocycles. The molecule has 1 aromatic rings. The first kappa shape index (κ1) is 24.7. The molecule has 9 heteroatoms. The maximum Gasteiger partial charge on any atom is 0.251 e. The Morgan fingerprint density at radius 2 is 2.00 bits per heavy atom. The van der Waals surface area contributed by atoms with Crippen molar-refractivity contribution < 1.29 is 9.53 Å². The van der Waals surface area contributed by atoms with E-state index in [4.69, 9.17) is 4.74 Å². The van der Waals surface area contributed by atoms with Crippen LogP contribution in [0.25, 0.3) is 0 Å². The maximum absolute atomic E-state index is 12.6. The number of ether oxygens (including phenoxy) is 1. The van der Waals surface area contributed by atoms with Crippen molar-refractivity contribution in [1.82, 2.24) is 20.0 Å². The summed E-state index contributed by atoms with van der Waals surface area (Å²) in [5.74, 6) is 1.79. The summed E-state index contributed by atoms with van der Waals surface area (Å²) in [7, 11) is 1.86. The number of carbonyl (C=O) groups excluding carboxylic acids is 1. The Labute approximate surface area is 207 Å². The maximum atomic E-state index is 12.6. The monoisotopic (exact) mass is 561 g/mol. The Balaban J connectivity index is 0.00000272. The third-order valence-corrected chi connectivity index (χ3v) is 7.28. The van der Waals surface area contributed by atoms with E-state index in [2.05, 4.69) is 37.6 Å². The van der Waals surface area contributed by atoms with Gasteiger partial charge < -0.3 is 19.9 Å². The van der Waals surface area contributed by atoms with E-state index >= 15 is 0 Å². The molecule has 3 saturated heterocycles. The third kappa shape index (κ3) is 6.79. The van der Waals surface area contributed by atoms with Gasteiger partial charge in [-0.25, -0.2) is 0 Å². The van der Waals surface area contributed by atoms with Crippen molar-refractivity contribution in [3.8, 4) is 0 Å². The molecule has 3 aliphatic heterocycles. The van der Waals surface area contributed by atoms with Crippen molar-refractivity contribution >= 4 is 47.2 Å². The molecule has 2 atom stereocenters. The largest absolute Gasteiger partial charge is 0.368 e. The van der Waals surface area contributed by atoms with Gasteiger partial charge in [0, 0.05) is 64.3 Å². The van der Waals surface area contributed by atoms with Crippen LogP contribution in [0.1, 0.15) is 30.6 Å². The van der Waals surface area contributed by atoms with E-state index in [-0.39, 0.29) is 36.0 Å². The second-order valence-electron chi connectivity index (χ2n) is 8.56. The number of guanidine groups is 1. The predicted octanol–water partition coefficient (Wildman–Crippen LogP) is 2.48. The Morgan fingerprint density at radius 1 is 1.19 bits per heavy atom. The number of amides is 1. The molecule has 4 rings (SSSR count). The fourth-order valence-electron chi connectivity index (χ4n) is 4.77. The highest BCUT2D eigenvalue weighted by molar-refractivity contribution is 14.0. The van der Waals surface area contributed by atoms with Crippen LogP contribution in [0.4, 0.5) is 0 Å². The number of hydrogen-bond acceptors (Lipinski definition) is 5. The summed E-state index contributed by atoms with van der Waals surface area (Å²) in [5.41, 5.74) is 0. The quantitative estimate of drug-likeness (QED) is 0.340. The molecular formula is C22H36IN5O2S. The number of hydrogen-bond donors (Lipinski definition) is 1. The fraction of sp³-hybridized carbons (Fsp3) is 0.727. The van der Waals surface area contributed by atoms with Crippen molar-refractivity contribution in [3.05, 3.63) is 22.4 Å². The number of piperazine rings is 1. The van der Waals surface area contributed by atoms with Gasteiger partial charge in [-0.3, -0.25) is 14.7 Å². The van der Waals surface area contributed by atoms with E-state index in [1.807, 2.05) is 23.3 Å². The van der Waals surface area contributed by atoms with Gasteiger partial charge in [0.25, 0.3) is 5.91 Å². The molecule has 1 N–H and O–H groups in total. The van der Waals surface area contributed by atoms with Crippen molar-refractivity contribution in [3.63, 3.8) is 0 Å². The topological polar surface area (TPSA) is 60.4 Å². The normalized spacial score (nSPS) is 25.4. The summed E-state index contributed by atoms with van der Waals surface area (Å²) < 4.78 is 5.57.